The van der Waals surface area contributed by atoms with Crippen LogP contribution in [0.15, 0.2) is 83.8 Å². The van der Waals surface area contributed by atoms with Crippen molar-refractivity contribution in [2.45, 2.75) is 24.7 Å². The van der Waals surface area contributed by atoms with Crippen LogP contribution < -0.4 is 10.1 Å². The van der Waals surface area contributed by atoms with Gasteiger partial charge in [0.05, 0.1) is 16.5 Å². The number of ether oxygens (including phenoxy) is 1. The molecule has 0 spiro atoms. The molecule has 1 saturated heterocycles. The third-order valence-electron chi connectivity index (χ3n) is 5.53. The van der Waals surface area contributed by atoms with Crippen LogP contribution in [0.1, 0.15) is 18.4 Å². The highest BCUT2D eigenvalue weighted by atomic mass is 32.2. The number of carbonyl (C=O) groups is 1. The average molecular weight is 451 g/mol. The van der Waals surface area contributed by atoms with Crippen molar-refractivity contribution in [2.75, 3.05) is 18.4 Å². The maximum Gasteiger partial charge on any atom is 0.243 e. The minimum atomic E-state index is -3.64. The Morgan fingerprint density at radius 2 is 1.66 bits per heavy atom. The summed E-state index contributed by atoms with van der Waals surface area (Å²) >= 11 is 0. The van der Waals surface area contributed by atoms with Gasteiger partial charge in [0.15, 0.2) is 5.75 Å². The van der Waals surface area contributed by atoms with Crippen LogP contribution in [0.5, 0.6) is 11.5 Å². The van der Waals surface area contributed by atoms with Crippen LogP contribution in [0.25, 0.3) is 0 Å². The molecule has 3 aromatic rings. The van der Waals surface area contributed by atoms with E-state index in [4.69, 9.17) is 4.74 Å². The predicted molar refractivity (Wildman–Crippen MR) is 124 cm³/mol. The molecule has 0 unspecified atom stereocenters. The molecular weight excluding hydrogens is 424 g/mol. The molecule has 1 fully saturated rings. The molecule has 7 heteroatoms. The van der Waals surface area contributed by atoms with Gasteiger partial charge in [0.2, 0.25) is 15.9 Å². The Hall–Kier alpha value is -3.16. The maximum atomic E-state index is 13.1. The number of benzene rings is 3. The molecule has 4 rings (SSSR count). The second kappa shape index (κ2) is 9.54. The molecule has 0 saturated carbocycles. The number of anilines is 1. The van der Waals surface area contributed by atoms with Gasteiger partial charge in [0, 0.05) is 13.1 Å². The van der Waals surface area contributed by atoms with Crippen molar-refractivity contribution >= 4 is 21.6 Å². The lowest BCUT2D eigenvalue weighted by Gasteiger charge is -2.31. The number of para-hydroxylation sites is 3. The molecule has 0 radical (unpaired) electrons. The zero-order valence-electron chi connectivity index (χ0n) is 17.9. The molecule has 0 aromatic heterocycles. The van der Waals surface area contributed by atoms with E-state index in [-0.39, 0.29) is 17.3 Å². The molecule has 1 aliphatic rings. The highest BCUT2D eigenvalue weighted by Crippen LogP contribution is 2.31. The normalized spacial score (nSPS) is 17.0. The summed E-state index contributed by atoms with van der Waals surface area (Å²) in [6, 6.07) is 23.4. The number of hydrogen-bond acceptors (Lipinski definition) is 4. The fourth-order valence-corrected chi connectivity index (χ4v) is 5.27. The minimum Gasteiger partial charge on any atom is -0.455 e. The molecule has 1 atom stereocenters. The number of nitrogens with zero attached hydrogens (tertiary/aromatic N) is 1. The molecule has 0 aliphatic carbocycles. The number of hydrogen-bond donors (Lipinski definition) is 1. The molecular formula is C25H26N2O4S. The number of sulfonamides is 1. The van der Waals surface area contributed by atoms with Gasteiger partial charge < -0.3 is 10.1 Å². The molecule has 32 heavy (non-hydrogen) atoms. The van der Waals surface area contributed by atoms with Gasteiger partial charge in [0.1, 0.15) is 5.75 Å². The van der Waals surface area contributed by atoms with Crippen molar-refractivity contribution in [1.29, 1.82) is 0 Å². The van der Waals surface area contributed by atoms with Crippen LogP contribution in [-0.4, -0.2) is 31.7 Å². The summed E-state index contributed by atoms with van der Waals surface area (Å²) in [7, 11) is -3.64. The fourth-order valence-electron chi connectivity index (χ4n) is 3.74. The van der Waals surface area contributed by atoms with Gasteiger partial charge in [-0.05, 0) is 56.2 Å². The molecule has 1 amide bonds. The topological polar surface area (TPSA) is 75.7 Å². The Balaban J connectivity index is 1.47. The zero-order chi connectivity index (χ0) is 22.6. The smallest absolute Gasteiger partial charge is 0.243 e. The van der Waals surface area contributed by atoms with Gasteiger partial charge in [-0.3, -0.25) is 4.79 Å². The van der Waals surface area contributed by atoms with E-state index in [0.29, 0.717) is 36.6 Å². The maximum absolute atomic E-state index is 13.1. The SMILES string of the molecule is Cc1ccc(S(=O)(=O)N2CCC[C@H](C(=O)Nc3ccccc3Oc3ccccc3)C2)cc1. The van der Waals surface area contributed by atoms with E-state index >= 15 is 0 Å². The third kappa shape index (κ3) is 5.00. The molecule has 1 N–H and O–H groups in total. The van der Waals surface area contributed by atoms with Crippen LogP contribution >= 0.6 is 0 Å². The van der Waals surface area contributed by atoms with Crippen molar-refractivity contribution in [3.8, 4) is 11.5 Å². The van der Waals surface area contributed by atoms with Gasteiger partial charge in [-0.25, -0.2) is 8.42 Å². The quantitative estimate of drug-likeness (QED) is 0.584. The number of rotatable bonds is 6. The average Bonchev–Trinajstić information content (AvgIpc) is 2.81. The minimum absolute atomic E-state index is 0.157. The van der Waals surface area contributed by atoms with E-state index in [9.17, 15) is 13.2 Å². The van der Waals surface area contributed by atoms with Gasteiger partial charge in [-0.15, -0.1) is 0 Å². The van der Waals surface area contributed by atoms with Crippen molar-refractivity contribution in [3.63, 3.8) is 0 Å². The van der Waals surface area contributed by atoms with Gasteiger partial charge >= 0.3 is 0 Å². The van der Waals surface area contributed by atoms with E-state index in [1.807, 2.05) is 49.4 Å². The monoisotopic (exact) mass is 450 g/mol. The van der Waals surface area contributed by atoms with Crippen molar-refractivity contribution in [3.05, 3.63) is 84.4 Å². The first-order chi connectivity index (χ1) is 15.4. The molecule has 6 nitrogen and oxygen atoms in total. The first-order valence-electron chi connectivity index (χ1n) is 10.6. The number of aryl methyl sites for hydroxylation is 1. The summed E-state index contributed by atoms with van der Waals surface area (Å²) in [5, 5.41) is 2.93. The third-order valence-corrected chi connectivity index (χ3v) is 7.41. The fraction of sp³-hybridized carbons (Fsp3) is 0.240. The number of piperidine rings is 1. The first kappa shape index (κ1) is 22.0. The predicted octanol–water partition coefficient (Wildman–Crippen LogP) is 4.83. The number of nitrogens with one attached hydrogen (secondary N) is 1. The van der Waals surface area contributed by atoms with E-state index in [2.05, 4.69) is 5.32 Å². The largest absolute Gasteiger partial charge is 0.455 e. The highest BCUT2D eigenvalue weighted by molar-refractivity contribution is 7.89. The second-order valence-corrected chi connectivity index (χ2v) is 9.85. The number of carbonyl (C=O) groups excluding carboxylic acids is 1. The molecule has 166 valence electrons. The molecule has 3 aromatic carbocycles. The van der Waals surface area contributed by atoms with Gasteiger partial charge in [-0.2, -0.15) is 4.31 Å². The second-order valence-electron chi connectivity index (χ2n) is 7.92. The van der Waals surface area contributed by atoms with E-state index in [1.165, 1.54) is 4.31 Å². The van der Waals surface area contributed by atoms with Crippen LogP contribution in [0.3, 0.4) is 0 Å². The number of amides is 1. The van der Waals surface area contributed by atoms with Crippen LogP contribution in [-0.2, 0) is 14.8 Å². The summed E-state index contributed by atoms with van der Waals surface area (Å²) in [4.78, 5) is 13.3. The lowest BCUT2D eigenvalue weighted by atomic mass is 9.98. The van der Waals surface area contributed by atoms with Crippen molar-refractivity contribution in [2.24, 2.45) is 5.92 Å². The Labute approximate surface area is 188 Å². The van der Waals surface area contributed by atoms with Crippen LogP contribution in [0.4, 0.5) is 5.69 Å². The van der Waals surface area contributed by atoms with Crippen LogP contribution in [0.2, 0.25) is 0 Å². The van der Waals surface area contributed by atoms with E-state index in [0.717, 1.165) is 5.56 Å². The Kier molecular flexibility index (Phi) is 6.58. The zero-order valence-corrected chi connectivity index (χ0v) is 18.7. The van der Waals surface area contributed by atoms with E-state index < -0.39 is 15.9 Å². The summed E-state index contributed by atoms with van der Waals surface area (Å²) in [6.45, 7) is 2.48. The Morgan fingerprint density at radius 3 is 2.41 bits per heavy atom. The van der Waals surface area contributed by atoms with Crippen molar-refractivity contribution in [1.82, 2.24) is 4.31 Å². The van der Waals surface area contributed by atoms with Crippen molar-refractivity contribution < 1.29 is 17.9 Å². The van der Waals surface area contributed by atoms with Gasteiger partial charge in [-0.1, -0.05) is 48.0 Å². The standard InChI is InChI=1S/C25H26N2O4S/c1-19-13-15-22(16-14-19)32(29,30)27-17-7-8-20(18-27)25(28)26-23-11-5-6-12-24(23)31-21-9-3-2-4-10-21/h2-6,9-16,20H,7-8,17-18H2,1H3,(H,26,28)/t20-/m0/s1. The van der Waals surface area contributed by atoms with Crippen LogP contribution in [0, 0.1) is 12.8 Å². The Morgan fingerprint density at radius 1 is 0.969 bits per heavy atom. The lowest BCUT2D eigenvalue weighted by Crippen LogP contribution is -2.43. The molecule has 1 aliphatic heterocycles. The molecule has 1 heterocycles. The molecule has 0 bridgehead atoms. The van der Waals surface area contributed by atoms with Gasteiger partial charge in [0.25, 0.3) is 0 Å². The lowest BCUT2D eigenvalue weighted by molar-refractivity contribution is -0.120. The highest BCUT2D eigenvalue weighted by Gasteiger charge is 2.33. The van der Waals surface area contributed by atoms with E-state index in [1.54, 1.807) is 36.4 Å². The summed E-state index contributed by atoms with van der Waals surface area (Å²) in [5.74, 6) is 0.556. The first-order valence-corrected chi connectivity index (χ1v) is 12.1. The summed E-state index contributed by atoms with van der Waals surface area (Å²) in [6.07, 6.45) is 1.26. The Bertz CT molecular complexity index is 1180. The summed E-state index contributed by atoms with van der Waals surface area (Å²) < 4.78 is 33.4. The summed E-state index contributed by atoms with van der Waals surface area (Å²) in [5.41, 5.74) is 1.55.